The van der Waals surface area contributed by atoms with Gasteiger partial charge >= 0.3 is 0 Å². The lowest BCUT2D eigenvalue weighted by Gasteiger charge is -2.62. The van der Waals surface area contributed by atoms with E-state index in [0.29, 0.717) is 47.3 Å². The van der Waals surface area contributed by atoms with E-state index in [4.69, 9.17) is 4.55 Å². The van der Waals surface area contributed by atoms with Gasteiger partial charge in [0.1, 0.15) is 0 Å². The quantitative estimate of drug-likeness (QED) is 0.357. The highest BCUT2D eigenvalue weighted by Crippen LogP contribution is 2.68. The second-order valence-corrected chi connectivity index (χ2v) is 14.1. The highest BCUT2D eigenvalue weighted by molar-refractivity contribution is 7.85. The van der Waals surface area contributed by atoms with Crippen LogP contribution >= 0.6 is 0 Å². The van der Waals surface area contributed by atoms with Gasteiger partial charge in [0.2, 0.25) is 0 Å². The van der Waals surface area contributed by atoms with Crippen LogP contribution in [0.1, 0.15) is 97.8 Å². The Bertz CT molecular complexity index is 768. The first-order valence-electron chi connectivity index (χ1n) is 13.3. The molecular weight excluding hydrogens is 424 g/mol. The summed E-state index contributed by atoms with van der Waals surface area (Å²) in [6, 6.07) is 0. The summed E-state index contributed by atoms with van der Waals surface area (Å²) in [6.45, 7) is 7.36. The molecule has 186 valence electrons. The molecule has 10 atom stereocenters. The van der Waals surface area contributed by atoms with E-state index < -0.39 is 10.1 Å². The van der Waals surface area contributed by atoms with Gasteiger partial charge in [-0.1, -0.05) is 40.0 Å². The molecule has 0 saturated heterocycles. The topological polar surface area (TPSA) is 94.8 Å². The lowest BCUT2D eigenvalue weighted by Crippen LogP contribution is -2.58. The smallest absolute Gasteiger partial charge is 0.264 e. The monoisotopic (exact) mass is 470 g/mol. The van der Waals surface area contributed by atoms with Gasteiger partial charge in [0, 0.05) is 0 Å². The van der Waals surface area contributed by atoms with Gasteiger partial charge in [-0.2, -0.15) is 8.42 Å². The zero-order valence-electron chi connectivity index (χ0n) is 20.4. The predicted molar refractivity (Wildman–Crippen MR) is 127 cm³/mol. The lowest BCUT2D eigenvalue weighted by atomic mass is 9.43. The fourth-order valence-electron chi connectivity index (χ4n) is 9.30. The molecule has 0 heterocycles. The molecule has 32 heavy (non-hydrogen) atoms. The molecule has 5 nitrogen and oxygen atoms in total. The molecule has 3 N–H and O–H groups in total. The number of rotatable bonds is 7. The van der Waals surface area contributed by atoms with Gasteiger partial charge in [-0.25, -0.2) is 0 Å². The maximum atomic E-state index is 11.3. The Labute approximate surface area is 195 Å². The molecule has 0 aromatic heterocycles. The van der Waals surface area contributed by atoms with Crippen LogP contribution in [0.25, 0.3) is 0 Å². The maximum absolute atomic E-state index is 11.3. The summed E-state index contributed by atoms with van der Waals surface area (Å²) in [4.78, 5) is 0. The van der Waals surface area contributed by atoms with Gasteiger partial charge in [0.25, 0.3) is 10.1 Å². The highest BCUT2D eigenvalue weighted by Gasteiger charge is 2.62. The van der Waals surface area contributed by atoms with Crippen molar-refractivity contribution in [1.82, 2.24) is 0 Å². The van der Waals surface area contributed by atoms with Gasteiger partial charge in [-0.05, 0) is 104 Å². The van der Waals surface area contributed by atoms with Crippen LogP contribution in [-0.4, -0.2) is 41.1 Å². The van der Waals surface area contributed by atoms with Crippen molar-refractivity contribution < 1.29 is 23.2 Å². The Morgan fingerprint density at radius 1 is 0.906 bits per heavy atom. The minimum Gasteiger partial charge on any atom is -0.393 e. The minimum atomic E-state index is -3.84. The van der Waals surface area contributed by atoms with Crippen LogP contribution in [0.2, 0.25) is 0 Å². The SMILES string of the molecule is C[C@H](CCCCCS(=O)(=O)O)[C@H]1CC[C@H]2[C@@H]3[C@H](O)C[C@@H]4C[C@H](O)CC[C@]4(C)[C@H]3CC[C@]12C. The number of unbranched alkanes of at least 4 members (excludes halogenated alkanes) is 2. The van der Waals surface area contributed by atoms with Gasteiger partial charge in [-0.3, -0.25) is 4.55 Å². The van der Waals surface area contributed by atoms with Gasteiger partial charge in [0.05, 0.1) is 18.0 Å². The largest absolute Gasteiger partial charge is 0.393 e. The highest BCUT2D eigenvalue weighted by atomic mass is 32.2. The van der Waals surface area contributed by atoms with E-state index in [1.54, 1.807) is 0 Å². The molecule has 0 aliphatic heterocycles. The van der Waals surface area contributed by atoms with Crippen molar-refractivity contribution in [3.8, 4) is 0 Å². The summed E-state index contributed by atoms with van der Waals surface area (Å²) in [5, 5.41) is 21.6. The van der Waals surface area contributed by atoms with E-state index in [1.807, 2.05) is 0 Å². The third kappa shape index (κ3) is 4.55. The molecular formula is C26H46O5S. The molecule has 6 heteroatoms. The molecule has 4 aliphatic rings. The molecule has 4 aliphatic carbocycles. The third-order valence-electron chi connectivity index (χ3n) is 11.0. The predicted octanol–water partition coefficient (Wildman–Crippen LogP) is 5.06. The van der Waals surface area contributed by atoms with Crippen LogP contribution in [0, 0.1) is 46.3 Å². The zero-order valence-corrected chi connectivity index (χ0v) is 21.2. The van der Waals surface area contributed by atoms with Crippen LogP contribution in [0.15, 0.2) is 0 Å². The second kappa shape index (κ2) is 9.13. The Balaban J connectivity index is 1.41. The minimum absolute atomic E-state index is 0.123. The number of fused-ring (bicyclic) bond motifs is 5. The number of aliphatic hydroxyl groups is 2. The second-order valence-electron chi connectivity index (χ2n) is 12.6. The van der Waals surface area contributed by atoms with Gasteiger partial charge < -0.3 is 10.2 Å². The van der Waals surface area contributed by atoms with Crippen molar-refractivity contribution in [2.75, 3.05) is 5.75 Å². The van der Waals surface area contributed by atoms with Crippen molar-refractivity contribution in [2.24, 2.45) is 46.3 Å². The first kappa shape index (κ1) is 24.9. The summed E-state index contributed by atoms with van der Waals surface area (Å²) >= 11 is 0. The van der Waals surface area contributed by atoms with E-state index in [2.05, 4.69) is 20.8 Å². The molecule has 4 rings (SSSR count). The summed E-state index contributed by atoms with van der Waals surface area (Å²) in [6.07, 6.45) is 11.9. The maximum Gasteiger partial charge on any atom is 0.264 e. The van der Waals surface area contributed by atoms with Crippen molar-refractivity contribution >= 4 is 10.1 Å². The van der Waals surface area contributed by atoms with Crippen LogP contribution in [-0.2, 0) is 10.1 Å². The normalized spacial score (nSPS) is 47.4. The fourth-order valence-corrected chi connectivity index (χ4v) is 9.87. The Morgan fingerprint density at radius 3 is 2.31 bits per heavy atom. The molecule has 0 aromatic rings. The molecule has 4 fully saturated rings. The molecule has 4 saturated carbocycles. The number of aliphatic hydroxyl groups excluding tert-OH is 2. The van der Waals surface area contributed by atoms with E-state index in [1.165, 1.54) is 25.7 Å². The van der Waals surface area contributed by atoms with Crippen molar-refractivity contribution in [3.63, 3.8) is 0 Å². The van der Waals surface area contributed by atoms with E-state index in [0.717, 1.165) is 44.9 Å². The Hall–Kier alpha value is -0.170. The Morgan fingerprint density at radius 2 is 1.59 bits per heavy atom. The molecule has 0 amide bonds. The van der Waals surface area contributed by atoms with Crippen molar-refractivity contribution in [1.29, 1.82) is 0 Å². The molecule has 0 spiro atoms. The summed E-state index contributed by atoms with van der Waals surface area (Å²) < 4.78 is 30.8. The van der Waals surface area contributed by atoms with Crippen LogP contribution in [0.5, 0.6) is 0 Å². The first-order valence-corrected chi connectivity index (χ1v) is 14.9. The van der Waals surface area contributed by atoms with Crippen molar-refractivity contribution in [2.45, 2.75) is 110 Å². The molecule has 0 bridgehead atoms. The lowest BCUT2D eigenvalue weighted by molar-refractivity contribution is -0.174. The molecule has 0 aromatic carbocycles. The summed E-state index contributed by atoms with van der Waals surface area (Å²) in [5.41, 5.74) is 0.578. The van der Waals surface area contributed by atoms with Crippen LogP contribution in [0.3, 0.4) is 0 Å². The van der Waals surface area contributed by atoms with Crippen LogP contribution in [0.4, 0.5) is 0 Å². The standard InChI is InChI=1S/C26H46O5S/c1-17(7-5-4-6-14-32(29,30)31)20-8-9-21-24-22(11-13-26(20,21)3)25(2)12-10-19(27)15-18(25)16-23(24)28/h17-24,27-28H,4-16H2,1-3H3,(H,29,30,31)/t17-,18+,19-,20-,21+,22+,23-,24+,25+,26-/m1/s1. The third-order valence-corrected chi connectivity index (χ3v) is 11.8. The average molecular weight is 471 g/mol. The number of hydrogen-bond donors (Lipinski definition) is 3. The van der Waals surface area contributed by atoms with E-state index in [9.17, 15) is 18.6 Å². The van der Waals surface area contributed by atoms with E-state index >= 15 is 0 Å². The summed E-state index contributed by atoms with van der Waals surface area (Å²) in [7, 11) is -3.84. The van der Waals surface area contributed by atoms with Crippen molar-refractivity contribution in [3.05, 3.63) is 0 Å². The molecule has 0 unspecified atom stereocenters. The van der Waals surface area contributed by atoms with Gasteiger partial charge in [-0.15, -0.1) is 0 Å². The van der Waals surface area contributed by atoms with Gasteiger partial charge in [0.15, 0.2) is 0 Å². The van der Waals surface area contributed by atoms with Crippen LogP contribution < -0.4 is 0 Å². The average Bonchev–Trinajstić information content (AvgIpc) is 3.05. The molecule has 0 radical (unpaired) electrons. The zero-order chi connectivity index (χ0) is 23.3. The first-order chi connectivity index (χ1) is 15.0. The Kier molecular flexibility index (Phi) is 7.11. The number of hydrogen-bond acceptors (Lipinski definition) is 4. The van der Waals surface area contributed by atoms with E-state index in [-0.39, 0.29) is 23.4 Å². The fraction of sp³-hybridized carbons (Fsp3) is 1.00. The summed E-state index contributed by atoms with van der Waals surface area (Å²) in [5.74, 6) is 3.25.